The van der Waals surface area contributed by atoms with Crippen LogP contribution in [0.3, 0.4) is 0 Å². The van der Waals surface area contributed by atoms with Gasteiger partial charge >= 0.3 is 5.97 Å². The molecule has 5 rings (SSSR count). The van der Waals surface area contributed by atoms with Gasteiger partial charge in [-0.1, -0.05) is 18.2 Å². The fourth-order valence-electron chi connectivity index (χ4n) is 3.80. The Bertz CT molecular complexity index is 1250. The molecule has 1 aromatic heterocycles. The van der Waals surface area contributed by atoms with Gasteiger partial charge in [0.2, 0.25) is 5.91 Å². The van der Waals surface area contributed by atoms with E-state index in [-0.39, 0.29) is 24.1 Å². The maximum atomic E-state index is 13.2. The number of carbonyl (C=O) groups excluding carboxylic acids is 3. The van der Waals surface area contributed by atoms with Gasteiger partial charge in [0.05, 0.1) is 18.0 Å². The number of fused-ring (bicyclic) bond motifs is 2. The molecule has 35 heavy (non-hydrogen) atoms. The molecule has 0 saturated heterocycles. The third-order valence-electron chi connectivity index (χ3n) is 5.48. The summed E-state index contributed by atoms with van der Waals surface area (Å²) < 4.78 is 16.6. The van der Waals surface area contributed by atoms with Crippen molar-refractivity contribution >= 4 is 52.3 Å². The van der Waals surface area contributed by atoms with Gasteiger partial charge in [-0.15, -0.1) is 23.1 Å². The van der Waals surface area contributed by atoms with Crippen LogP contribution in [0, 0.1) is 0 Å². The van der Waals surface area contributed by atoms with Crippen molar-refractivity contribution in [2.24, 2.45) is 0 Å². The first-order valence-corrected chi connectivity index (χ1v) is 12.9. The molecule has 2 aliphatic heterocycles. The maximum Gasteiger partial charge on any atom is 0.326 e. The lowest BCUT2D eigenvalue weighted by Crippen LogP contribution is -2.41. The number of rotatable bonds is 7. The van der Waals surface area contributed by atoms with Gasteiger partial charge in [-0.05, 0) is 35.7 Å². The Morgan fingerprint density at radius 3 is 2.69 bits per heavy atom. The summed E-state index contributed by atoms with van der Waals surface area (Å²) in [7, 11) is 0. The van der Waals surface area contributed by atoms with Crippen molar-refractivity contribution in [1.29, 1.82) is 0 Å². The van der Waals surface area contributed by atoms with E-state index in [1.807, 2.05) is 35.7 Å². The number of thiophene rings is 1. The lowest BCUT2D eigenvalue weighted by Gasteiger charge is -2.28. The Balaban J connectivity index is 1.28. The summed E-state index contributed by atoms with van der Waals surface area (Å²) in [6.07, 6.45) is 0. The Labute approximate surface area is 210 Å². The smallest absolute Gasteiger partial charge is 0.326 e. The molecule has 0 aliphatic carbocycles. The monoisotopic (exact) mass is 510 g/mol. The Morgan fingerprint density at radius 2 is 1.86 bits per heavy atom. The Hall–Kier alpha value is -3.50. The standard InChI is InChI=1S/C25H22N2O6S2/c28-23(15-33-25(30)14-27-19-5-1-2-6-22(19)35-16-24(27)29)26(13-18-4-3-11-34-18)17-7-8-20-21(12-17)32-10-9-31-20/h1-8,11-12H,9-10,13-16H2. The topological polar surface area (TPSA) is 85.4 Å². The average molecular weight is 511 g/mol. The molecule has 0 saturated carbocycles. The highest BCUT2D eigenvalue weighted by Gasteiger charge is 2.28. The molecule has 180 valence electrons. The minimum Gasteiger partial charge on any atom is -0.486 e. The fraction of sp³-hybridized carbons (Fsp3) is 0.240. The van der Waals surface area contributed by atoms with Gasteiger partial charge in [-0.3, -0.25) is 19.3 Å². The molecule has 0 radical (unpaired) electrons. The zero-order chi connectivity index (χ0) is 24.2. The molecule has 0 atom stereocenters. The molecular formula is C25H22N2O6S2. The van der Waals surface area contributed by atoms with Crippen LogP contribution >= 0.6 is 23.1 Å². The number of hydrogen-bond acceptors (Lipinski definition) is 8. The Morgan fingerprint density at radius 1 is 1.03 bits per heavy atom. The number of thioether (sulfide) groups is 1. The predicted octanol–water partition coefficient (Wildman–Crippen LogP) is 3.73. The molecule has 2 aromatic carbocycles. The summed E-state index contributed by atoms with van der Waals surface area (Å²) in [5.41, 5.74) is 1.29. The second-order valence-electron chi connectivity index (χ2n) is 7.78. The number of nitrogens with zero attached hydrogens (tertiary/aromatic N) is 2. The van der Waals surface area contributed by atoms with Gasteiger partial charge in [0.15, 0.2) is 18.1 Å². The summed E-state index contributed by atoms with van der Waals surface area (Å²) in [5, 5.41) is 1.94. The number of hydrogen-bond donors (Lipinski definition) is 0. The third kappa shape index (κ3) is 5.28. The van der Waals surface area contributed by atoms with Crippen LogP contribution in [0.5, 0.6) is 11.5 Å². The SMILES string of the molecule is O=C(CN1C(=O)CSc2ccccc21)OCC(=O)N(Cc1cccs1)c1ccc2c(c1)OCCO2. The zero-order valence-corrected chi connectivity index (χ0v) is 20.3. The summed E-state index contributed by atoms with van der Waals surface area (Å²) in [6.45, 7) is 0.533. The summed E-state index contributed by atoms with van der Waals surface area (Å²) in [6, 6.07) is 16.6. The number of benzene rings is 2. The number of carbonyl (C=O) groups is 3. The van der Waals surface area contributed by atoms with Crippen LogP contribution in [0.25, 0.3) is 0 Å². The van der Waals surface area contributed by atoms with Crippen molar-refractivity contribution in [3.05, 3.63) is 64.9 Å². The molecule has 2 aliphatic rings. The van der Waals surface area contributed by atoms with E-state index in [1.54, 1.807) is 29.2 Å². The van der Waals surface area contributed by atoms with Gasteiger partial charge in [0, 0.05) is 21.5 Å². The van der Waals surface area contributed by atoms with Crippen LogP contribution in [-0.4, -0.2) is 49.9 Å². The van der Waals surface area contributed by atoms with Gasteiger partial charge in [-0.25, -0.2) is 0 Å². The van der Waals surface area contributed by atoms with E-state index in [2.05, 4.69) is 0 Å². The normalized spacial score (nSPS) is 14.3. The van der Waals surface area contributed by atoms with Crippen LogP contribution in [0.15, 0.2) is 64.9 Å². The predicted molar refractivity (Wildman–Crippen MR) is 133 cm³/mol. The van der Waals surface area contributed by atoms with Crippen molar-refractivity contribution in [2.45, 2.75) is 11.4 Å². The van der Waals surface area contributed by atoms with E-state index in [0.717, 1.165) is 9.77 Å². The van der Waals surface area contributed by atoms with Crippen LogP contribution < -0.4 is 19.3 Å². The largest absolute Gasteiger partial charge is 0.486 e. The van der Waals surface area contributed by atoms with Gasteiger partial charge in [-0.2, -0.15) is 0 Å². The fourth-order valence-corrected chi connectivity index (χ4v) is 5.43. The second-order valence-corrected chi connectivity index (χ2v) is 9.83. The number of anilines is 2. The van der Waals surface area contributed by atoms with Gasteiger partial charge in [0.25, 0.3) is 5.91 Å². The quantitative estimate of drug-likeness (QED) is 0.448. The molecule has 0 unspecified atom stereocenters. The van der Waals surface area contributed by atoms with Crippen LogP contribution in [0.1, 0.15) is 4.88 Å². The number of para-hydroxylation sites is 1. The molecule has 2 amide bonds. The molecule has 8 nitrogen and oxygen atoms in total. The summed E-state index contributed by atoms with van der Waals surface area (Å²) in [5.74, 6) is 0.236. The molecular weight excluding hydrogens is 488 g/mol. The van der Waals surface area contributed by atoms with E-state index >= 15 is 0 Å². The molecule has 10 heteroatoms. The molecule has 0 bridgehead atoms. The van der Waals surface area contributed by atoms with Crippen LogP contribution in [-0.2, 0) is 25.7 Å². The number of esters is 1. The van der Waals surface area contributed by atoms with Crippen molar-refractivity contribution in [3.8, 4) is 11.5 Å². The second kappa shape index (κ2) is 10.4. The van der Waals surface area contributed by atoms with E-state index < -0.39 is 12.6 Å². The molecule has 0 spiro atoms. The van der Waals surface area contributed by atoms with E-state index in [9.17, 15) is 14.4 Å². The summed E-state index contributed by atoms with van der Waals surface area (Å²) in [4.78, 5) is 43.1. The zero-order valence-electron chi connectivity index (χ0n) is 18.7. The molecule has 3 heterocycles. The van der Waals surface area contributed by atoms with Gasteiger partial charge in [0.1, 0.15) is 19.8 Å². The van der Waals surface area contributed by atoms with Crippen molar-refractivity contribution in [1.82, 2.24) is 0 Å². The van der Waals surface area contributed by atoms with Crippen molar-refractivity contribution < 1.29 is 28.6 Å². The van der Waals surface area contributed by atoms with Crippen LogP contribution in [0.2, 0.25) is 0 Å². The highest BCUT2D eigenvalue weighted by atomic mass is 32.2. The lowest BCUT2D eigenvalue weighted by atomic mass is 10.2. The maximum absolute atomic E-state index is 13.2. The lowest BCUT2D eigenvalue weighted by molar-refractivity contribution is -0.146. The first kappa shape index (κ1) is 23.3. The molecule has 3 aromatic rings. The van der Waals surface area contributed by atoms with Crippen LogP contribution in [0.4, 0.5) is 11.4 Å². The minimum absolute atomic E-state index is 0.174. The first-order chi connectivity index (χ1) is 17.1. The van der Waals surface area contributed by atoms with Crippen molar-refractivity contribution in [3.63, 3.8) is 0 Å². The van der Waals surface area contributed by atoms with E-state index in [4.69, 9.17) is 14.2 Å². The first-order valence-electron chi connectivity index (χ1n) is 11.0. The third-order valence-corrected chi connectivity index (χ3v) is 7.39. The molecule has 0 N–H and O–H groups in total. The van der Waals surface area contributed by atoms with Gasteiger partial charge < -0.3 is 19.1 Å². The van der Waals surface area contributed by atoms with E-state index in [1.165, 1.54) is 28.0 Å². The number of ether oxygens (including phenoxy) is 3. The average Bonchev–Trinajstić information content (AvgIpc) is 3.41. The highest BCUT2D eigenvalue weighted by molar-refractivity contribution is 8.00. The van der Waals surface area contributed by atoms with Crippen molar-refractivity contribution in [2.75, 3.05) is 41.9 Å². The summed E-state index contributed by atoms with van der Waals surface area (Å²) >= 11 is 2.97. The highest BCUT2D eigenvalue weighted by Crippen LogP contribution is 2.36. The number of amides is 2. The Kier molecular flexibility index (Phi) is 6.91. The molecule has 0 fully saturated rings. The van der Waals surface area contributed by atoms with E-state index in [0.29, 0.717) is 42.6 Å². The minimum atomic E-state index is -0.647.